The summed E-state index contributed by atoms with van der Waals surface area (Å²) in [4.78, 5) is 27.9. The molecular weight excluding hydrogens is 539 g/mol. The molecule has 2 aliphatic rings. The van der Waals surface area contributed by atoms with E-state index in [2.05, 4.69) is 47.1 Å². The second-order valence-electron chi connectivity index (χ2n) is 9.69. The van der Waals surface area contributed by atoms with Crippen molar-refractivity contribution in [1.82, 2.24) is 15.5 Å². The van der Waals surface area contributed by atoms with Gasteiger partial charge in [-0.05, 0) is 97.2 Å². The standard InChI is InChI=1S/C24H36ClIN4O2/c1-15-9-16(2)11-17(10-15)14-30-8-6-19(29-22(5-7-27)24(30)32)13-28-23(31)18-3-4-20(25)21(26)12-18/h3-4,12,15-17,19,22,29H,5-11,13-14,27H2,1-2H3,(H,28,31)/t15?,16?,17?,19-,22-/m0/s1. The summed E-state index contributed by atoms with van der Waals surface area (Å²) in [7, 11) is 0. The number of amides is 2. The number of carbonyl (C=O) groups is 2. The van der Waals surface area contributed by atoms with Crippen molar-refractivity contribution >= 4 is 46.0 Å². The first kappa shape index (κ1) is 25.7. The lowest BCUT2D eigenvalue weighted by Gasteiger charge is -2.35. The molecule has 32 heavy (non-hydrogen) atoms. The number of benzene rings is 1. The van der Waals surface area contributed by atoms with Crippen LogP contribution in [0.1, 0.15) is 56.3 Å². The van der Waals surface area contributed by atoms with Gasteiger partial charge in [-0.25, -0.2) is 0 Å². The molecule has 4 atom stereocenters. The van der Waals surface area contributed by atoms with Gasteiger partial charge in [0.25, 0.3) is 5.91 Å². The van der Waals surface area contributed by atoms with Gasteiger partial charge in [0, 0.05) is 34.8 Å². The van der Waals surface area contributed by atoms with E-state index >= 15 is 0 Å². The Balaban J connectivity index is 1.60. The van der Waals surface area contributed by atoms with Crippen LogP contribution in [0.4, 0.5) is 0 Å². The van der Waals surface area contributed by atoms with E-state index in [-0.39, 0.29) is 23.9 Å². The number of rotatable bonds is 7. The van der Waals surface area contributed by atoms with E-state index in [0.717, 1.165) is 28.4 Å². The number of carbonyl (C=O) groups excluding carboxylic acids is 2. The molecule has 1 aromatic carbocycles. The van der Waals surface area contributed by atoms with Crippen molar-refractivity contribution in [3.8, 4) is 0 Å². The van der Waals surface area contributed by atoms with Crippen molar-refractivity contribution in [3.63, 3.8) is 0 Å². The number of nitrogens with zero attached hydrogens (tertiary/aromatic N) is 1. The quantitative estimate of drug-likeness (QED) is 0.434. The Labute approximate surface area is 210 Å². The van der Waals surface area contributed by atoms with E-state index < -0.39 is 0 Å². The largest absolute Gasteiger partial charge is 0.350 e. The molecule has 2 fully saturated rings. The highest BCUT2D eigenvalue weighted by Crippen LogP contribution is 2.33. The molecule has 1 saturated carbocycles. The molecule has 0 bridgehead atoms. The molecule has 0 radical (unpaired) electrons. The molecule has 0 aromatic heterocycles. The highest BCUT2D eigenvalue weighted by Gasteiger charge is 2.33. The average Bonchev–Trinajstić information content (AvgIpc) is 2.87. The number of hydrogen-bond acceptors (Lipinski definition) is 4. The third-order valence-corrected chi connectivity index (χ3v) is 8.24. The zero-order valence-corrected chi connectivity index (χ0v) is 22.0. The minimum atomic E-state index is -0.292. The normalized spacial score (nSPS) is 29.0. The fourth-order valence-corrected chi connectivity index (χ4v) is 5.96. The molecule has 2 unspecified atom stereocenters. The van der Waals surface area contributed by atoms with Crippen LogP contribution in [-0.4, -0.2) is 55.0 Å². The van der Waals surface area contributed by atoms with Crippen molar-refractivity contribution in [3.05, 3.63) is 32.4 Å². The number of nitrogens with one attached hydrogen (secondary N) is 2. The summed E-state index contributed by atoms with van der Waals surface area (Å²) in [6, 6.07) is 4.99. The lowest BCUT2D eigenvalue weighted by atomic mass is 9.76. The Morgan fingerprint density at radius 1 is 1.28 bits per heavy atom. The van der Waals surface area contributed by atoms with Crippen LogP contribution in [0, 0.1) is 21.3 Å². The van der Waals surface area contributed by atoms with Crippen LogP contribution in [0.5, 0.6) is 0 Å². The minimum Gasteiger partial charge on any atom is -0.350 e. The summed E-state index contributed by atoms with van der Waals surface area (Å²) in [5.74, 6) is 2.04. The predicted octanol–water partition coefficient (Wildman–Crippen LogP) is 3.65. The van der Waals surface area contributed by atoms with Crippen LogP contribution in [0.15, 0.2) is 18.2 Å². The first-order valence-corrected chi connectivity index (χ1v) is 13.2. The van der Waals surface area contributed by atoms with Crippen LogP contribution in [0.25, 0.3) is 0 Å². The van der Waals surface area contributed by atoms with E-state index in [0.29, 0.717) is 42.6 Å². The summed E-state index contributed by atoms with van der Waals surface area (Å²) in [6.45, 7) is 7.12. The SMILES string of the molecule is CC1CC(C)CC(CN2CC[C@@H](CNC(=O)c3ccc(Cl)c(I)c3)N[C@@H](CCN)C2=O)C1. The first-order valence-electron chi connectivity index (χ1n) is 11.7. The molecular formula is C24H36ClIN4O2. The lowest BCUT2D eigenvalue weighted by molar-refractivity contribution is -0.133. The van der Waals surface area contributed by atoms with Gasteiger partial charge in [-0.15, -0.1) is 0 Å². The lowest BCUT2D eigenvalue weighted by Crippen LogP contribution is -2.50. The van der Waals surface area contributed by atoms with Gasteiger partial charge >= 0.3 is 0 Å². The first-order chi connectivity index (χ1) is 15.3. The number of nitrogens with two attached hydrogens (primary N) is 1. The van der Waals surface area contributed by atoms with Crippen molar-refractivity contribution in [2.75, 3.05) is 26.2 Å². The summed E-state index contributed by atoms with van der Waals surface area (Å²) < 4.78 is 0.847. The fourth-order valence-electron chi connectivity index (χ4n) is 5.33. The van der Waals surface area contributed by atoms with Crippen LogP contribution < -0.4 is 16.4 Å². The van der Waals surface area contributed by atoms with Crippen molar-refractivity contribution < 1.29 is 9.59 Å². The molecule has 1 aromatic rings. The highest BCUT2D eigenvalue weighted by atomic mass is 127. The zero-order chi connectivity index (χ0) is 23.3. The van der Waals surface area contributed by atoms with Crippen molar-refractivity contribution in [1.29, 1.82) is 0 Å². The maximum absolute atomic E-state index is 13.3. The molecule has 1 saturated heterocycles. The summed E-state index contributed by atoms with van der Waals surface area (Å²) in [5.41, 5.74) is 6.40. The van der Waals surface area contributed by atoms with Crippen molar-refractivity contribution in [2.24, 2.45) is 23.5 Å². The molecule has 3 rings (SSSR count). The van der Waals surface area contributed by atoms with Gasteiger partial charge in [-0.3, -0.25) is 9.59 Å². The summed E-state index contributed by atoms with van der Waals surface area (Å²) in [5, 5.41) is 7.13. The second kappa shape index (κ2) is 12.0. The Morgan fingerprint density at radius 2 is 2.00 bits per heavy atom. The van der Waals surface area contributed by atoms with E-state index in [4.69, 9.17) is 17.3 Å². The van der Waals surface area contributed by atoms with Gasteiger partial charge in [-0.1, -0.05) is 25.4 Å². The van der Waals surface area contributed by atoms with Gasteiger partial charge in [0.2, 0.25) is 5.91 Å². The van der Waals surface area contributed by atoms with Crippen molar-refractivity contribution in [2.45, 2.75) is 58.0 Å². The molecule has 4 N–H and O–H groups in total. The predicted molar refractivity (Wildman–Crippen MR) is 138 cm³/mol. The summed E-state index contributed by atoms with van der Waals surface area (Å²) in [6.07, 6.45) is 5.09. The van der Waals surface area contributed by atoms with Gasteiger partial charge in [0.15, 0.2) is 0 Å². The highest BCUT2D eigenvalue weighted by molar-refractivity contribution is 14.1. The van der Waals surface area contributed by atoms with Gasteiger partial charge in [0.1, 0.15) is 0 Å². The molecule has 0 spiro atoms. The maximum Gasteiger partial charge on any atom is 0.251 e. The number of halogens is 2. The molecule has 1 heterocycles. The molecule has 8 heteroatoms. The zero-order valence-electron chi connectivity index (χ0n) is 19.1. The monoisotopic (exact) mass is 574 g/mol. The Kier molecular flexibility index (Phi) is 9.64. The van der Waals surface area contributed by atoms with Crippen LogP contribution >= 0.6 is 34.2 Å². The minimum absolute atomic E-state index is 0.0278. The Morgan fingerprint density at radius 3 is 2.66 bits per heavy atom. The van der Waals surface area contributed by atoms with Crippen LogP contribution in [0.2, 0.25) is 5.02 Å². The van der Waals surface area contributed by atoms with E-state index in [1.165, 1.54) is 19.3 Å². The molecule has 1 aliphatic heterocycles. The van der Waals surface area contributed by atoms with Gasteiger partial charge in [-0.2, -0.15) is 0 Å². The smallest absolute Gasteiger partial charge is 0.251 e. The third kappa shape index (κ3) is 7.05. The second-order valence-corrected chi connectivity index (χ2v) is 11.3. The van der Waals surface area contributed by atoms with E-state index in [9.17, 15) is 9.59 Å². The van der Waals surface area contributed by atoms with Gasteiger partial charge in [0.05, 0.1) is 11.1 Å². The number of hydrogen-bond donors (Lipinski definition) is 3. The molecule has 2 amide bonds. The maximum atomic E-state index is 13.3. The molecule has 6 nitrogen and oxygen atoms in total. The average molecular weight is 575 g/mol. The molecule has 178 valence electrons. The Bertz CT molecular complexity index is 798. The van der Waals surface area contributed by atoms with Gasteiger partial charge < -0.3 is 21.3 Å². The Hall–Kier alpha value is -0.900. The van der Waals surface area contributed by atoms with E-state index in [1.54, 1.807) is 18.2 Å². The summed E-state index contributed by atoms with van der Waals surface area (Å²) >= 11 is 8.19. The topological polar surface area (TPSA) is 87.5 Å². The van der Waals surface area contributed by atoms with E-state index in [1.807, 2.05) is 4.90 Å². The fraction of sp³-hybridized carbons (Fsp3) is 0.667. The molecule has 1 aliphatic carbocycles. The van der Waals surface area contributed by atoms with Crippen LogP contribution in [-0.2, 0) is 4.79 Å². The van der Waals surface area contributed by atoms with Crippen LogP contribution in [0.3, 0.4) is 0 Å². The third-order valence-electron chi connectivity index (χ3n) is 6.70.